The molecule has 1 aromatic rings. The third kappa shape index (κ3) is 2.67. The van der Waals surface area contributed by atoms with Crippen molar-refractivity contribution in [3.05, 3.63) is 27.3 Å². The average Bonchev–Trinajstić information content (AvgIpc) is 2.08. The van der Waals surface area contributed by atoms with Gasteiger partial charge in [-0.1, -0.05) is 22.0 Å². The molecule has 2 nitrogen and oxygen atoms in total. The Morgan fingerprint density at radius 1 is 1.62 bits per heavy atom. The molecule has 4 heteroatoms. The van der Waals surface area contributed by atoms with Crippen molar-refractivity contribution >= 4 is 44.3 Å². The van der Waals surface area contributed by atoms with Gasteiger partial charge in [-0.15, -0.1) is 0 Å². The fraction of sp³-hybridized carbons (Fsp3) is 0.222. The van der Waals surface area contributed by atoms with E-state index in [1.54, 1.807) is 19.1 Å². The molecule has 0 fully saturated rings. The second kappa shape index (κ2) is 4.41. The van der Waals surface area contributed by atoms with Crippen molar-refractivity contribution in [1.82, 2.24) is 0 Å². The maximum atomic E-state index is 11.4. The fourth-order valence-corrected chi connectivity index (χ4v) is 1.50. The van der Waals surface area contributed by atoms with Crippen LogP contribution in [0.1, 0.15) is 17.3 Å². The molecule has 1 aromatic carbocycles. The summed E-state index contributed by atoms with van der Waals surface area (Å²) in [6.07, 6.45) is 0. The summed E-state index contributed by atoms with van der Waals surface area (Å²) in [6, 6.07) is 4.92. The molecule has 0 aliphatic heterocycles. The van der Waals surface area contributed by atoms with Crippen LogP contribution < -0.4 is 0 Å². The van der Waals surface area contributed by atoms with Gasteiger partial charge in [0.1, 0.15) is 5.75 Å². The Bertz CT molecular complexity index is 336. The van der Waals surface area contributed by atoms with E-state index in [0.717, 1.165) is 3.57 Å². The Balaban J connectivity index is 3.04. The molecule has 1 N–H and O–H groups in total. The van der Waals surface area contributed by atoms with Gasteiger partial charge in [-0.2, -0.15) is 0 Å². The van der Waals surface area contributed by atoms with Crippen LogP contribution in [0.25, 0.3) is 0 Å². The summed E-state index contributed by atoms with van der Waals surface area (Å²) < 4.78 is 0.747. The molecule has 1 unspecified atom stereocenters. The van der Waals surface area contributed by atoms with Crippen LogP contribution in [0, 0.1) is 3.57 Å². The monoisotopic (exact) mass is 354 g/mol. The Morgan fingerprint density at radius 2 is 2.23 bits per heavy atom. The normalized spacial score (nSPS) is 12.5. The zero-order chi connectivity index (χ0) is 10.0. The maximum Gasteiger partial charge on any atom is 0.176 e. The second-order valence-electron chi connectivity index (χ2n) is 2.65. The topological polar surface area (TPSA) is 37.3 Å². The molecule has 0 radical (unpaired) electrons. The average molecular weight is 355 g/mol. The van der Waals surface area contributed by atoms with E-state index in [2.05, 4.69) is 15.9 Å². The van der Waals surface area contributed by atoms with Gasteiger partial charge in [-0.25, -0.2) is 0 Å². The van der Waals surface area contributed by atoms with Crippen molar-refractivity contribution in [3.8, 4) is 5.75 Å². The van der Waals surface area contributed by atoms with Gasteiger partial charge in [0.2, 0.25) is 0 Å². The van der Waals surface area contributed by atoms with Crippen LogP contribution in [0.4, 0.5) is 0 Å². The Hall–Kier alpha value is -0.100. The lowest BCUT2D eigenvalue weighted by Crippen LogP contribution is -2.09. The van der Waals surface area contributed by atoms with E-state index < -0.39 is 0 Å². The predicted molar refractivity (Wildman–Crippen MR) is 63.5 cm³/mol. The molecule has 0 aromatic heterocycles. The lowest BCUT2D eigenvalue weighted by Gasteiger charge is -2.03. The maximum absolute atomic E-state index is 11.4. The highest BCUT2D eigenvalue weighted by atomic mass is 127. The summed E-state index contributed by atoms with van der Waals surface area (Å²) in [5.41, 5.74) is 0.530. The van der Waals surface area contributed by atoms with E-state index in [9.17, 15) is 9.90 Å². The number of phenols is 1. The molecule has 0 heterocycles. The van der Waals surface area contributed by atoms with E-state index >= 15 is 0 Å². The summed E-state index contributed by atoms with van der Waals surface area (Å²) >= 11 is 5.20. The van der Waals surface area contributed by atoms with E-state index in [1.807, 2.05) is 22.6 Å². The number of aromatic hydroxyl groups is 1. The number of phenolic OH excluding ortho intramolecular Hbond substituents is 1. The number of alkyl halides is 1. The Kier molecular flexibility index (Phi) is 3.73. The van der Waals surface area contributed by atoms with Crippen LogP contribution in [0.15, 0.2) is 18.2 Å². The van der Waals surface area contributed by atoms with Gasteiger partial charge in [0.15, 0.2) is 5.78 Å². The first-order valence-corrected chi connectivity index (χ1v) is 5.68. The molecule has 13 heavy (non-hydrogen) atoms. The zero-order valence-electron chi connectivity index (χ0n) is 6.92. The highest BCUT2D eigenvalue weighted by Gasteiger charge is 2.12. The quantitative estimate of drug-likeness (QED) is 0.503. The summed E-state index contributed by atoms with van der Waals surface area (Å²) in [6.45, 7) is 1.76. The number of hydrogen-bond acceptors (Lipinski definition) is 2. The van der Waals surface area contributed by atoms with Gasteiger partial charge in [0.05, 0.1) is 8.40 Å². The van der Waals surface area contributed by atoms with Crippen LogP contribution in [-0.2, 0) is 0 Å². The highest BCUT2D eigenvalue weighted by Crippen LogP contribution is 2.22. The number of benzene rings is 1. The number of hydrogen-bond donors (Lipinski definition) is 1. The van der Waals surface area contributed by atoms with Gasteiger partial charge in [-0.3, -0.25) is 4.79 Å². The number of halogens is 2. The van der Waals surface area contributed by atoms with Gasteiger partial charge < -0.3 is 5.11 Å². The summed E-state index contributed by atoms with van der Waals surface area (Å²) in [5, 5.41) is 9.36. The molecule has 70 valence electrons. The third-order valence-electron chi connectivity index (χ3n) is 1.59. The molecule has 1 atom stereocenters. The van der Waals surface area contributed by atoms with Crippen molar-refractivity contribution in [3.63, 3.8) is 0 Å². The van der Waals surface area contributed by atoms with Crippen LogP contribution >= 0.6 is 38.5 Å². The Labute approximate surface area is 98.6 Å². The first-order chi connectivity index (χ1) is 6.02. The summed E-state index contributed by atoms with van der Waals surface area (Å²) in [5.74, 6) is 0.131. The fourth-order valence-electron chi connectivity index (χ4n) is 0.896. The minimum absolute atomic E-state index is 0.0216. The number of Topliss-reactive ketones (excluding diaryl/α,β-unsaturated/α-hetero) is 1. The van der Waals surface area contributed by atoms with E-state index in [-0.39, 0.29) is 16.4 Å². The number of rotatable bonds is 2. The standard InChI is InChI=1S/C9H8BrIO2/c1-5(10)9(13)6-2-3-7(11)8(12)4-6/h2-5,12H,1H3. The third-order valence-corrected chi connectivity index (χ3v) is 2.92. The zero-order valence-corrected chi connectivity index (χ0v) is 10.7. The van der Waals surface area contributed by atoms with Crippen LogP contribution in [0.3, 0.4) is 0 Å². The molecule has 0 aliphatic carbocycles. The predicted octanol–water partition coefficient (Wildman–Crippen LogP) is 2.96. The molecular weight excluding hydrogens is 347 g/mol. The van der Waals surface area contributed by atoms with Gasteiger partial charge in [0, 0.05) is 5.56 Å². The molecule has 0 spiro atoms. The SMILES string of the molecule is CC(Br)C(=O)c1ccc(I)c(O)c1. The molecule has 0 saturated heterocycles. The van der Waals surface area contributed by atoms with E-state index in [0.29, 0.717) is 5.56 Å². The highest BCUT2D eigenvalue weighted by molar-refractivity contribution is 14.1. The van der Waals surface area contributed by atoms with E-state index in [1.165, 1.54) is 6.07 Å². The van der Waals surface area contributed by atoms with Gasteiger partial charge >= 0.3 is 0 Å². The lowest BCUT2D eigenvalue weighted by molar-refractivity contribution is 0.0995. The van der Waals surface area contributed by atoms with Gasteiger partial charge in [-0.05, 0) is 41.6 Å². The van der Waals surface area contributed by atoms with Crippen LogP contribution in [0.5, 0.6) is 5.75 Å². The first kappa shape index (κ1) is 11.0. The van der Waals surface area contributed by atoms with Crippen molar-refractivity contribution in [2.45, 2.75) is 11.8 Å². The summed E-state index contributed by atoms with van der Waals surface area (Å²) in [7, 11) is 0. The van der Waals surface area contributed by atoms with Gasteiger partial charge in [0.25, 0.3) is 0 Å². The van der Waals surface area contributed by atoms with Crippen molar-refractivity contribution in [1.29, 1.82) is 0 Å². The lowest BCUT2D eigenvalue weighted by atomic mass is 10.1. The Morgan fingerprint density at radius 3 is 2.69 bits per heavy atom. The number of carbonyl (C=O) groups excluding carboxylic acids is 1. The summed E-state index contributed by atoms with van der Waals surface area (Å²) in [4.78, 5) is 11.2. The molecule has 0 bridgehead atoms. The van der Waals surface area contributed by atoms with Crippen molar-refractivity contribution < 1.29 is 9.90 Å². The molecular formula is C9H8BrIO2. The van der Waals surface area contributed by atoms with E-state index in [4.69, 9.17) is 0 Å². The molecule has 0 amide bonds. The van der Waals surface area contributed by atoms with Crippen LogP contribution in [-0.4, -0.2) is 15.7 Å². The molecule has 1 rings (SSSR count). The molecule has 0 saturated carbocycles. The second-order valence-corrected chi connectivity index (χ2v) is 5.18. The minimum atomic E-state index is -0.216. The smallest absolute Gasteiger partial charge is 0.176 e. The van der Waals surface area contributed by atoms with Crippen LogP contribution in [0.2, 0.25) is 0 Å². The molecule has 0 aliphatic rings. The largest absolute Gasteiger partial charge is 0.507 e. The first-order valence-electron chi connectivity index (χ1n) is 3.69. The number of ketones is 1. The minimum Gasteiger partial charge on any atom is -0.507 e. The van der Waals surface area contributed by atoms with Crippen molar-refractivity contribution in [2.24, 2.45) is 0 Å². The van der Waals surface area contributed by atoms with Crippen molar-refractivity contribution in [2.75, 3.05) is 0 Å². The number of carbonyl (C=O) groups is 1.